The Hall–Kier alpha value is -1.28. The number of benzene rings is 2. The summed E-state index contributed by atoms with van der Waals surface area (Å²) in [6.07, 6.45) is 5.14. The molecule has 0 heterocycles. The number of aryl methyl sites for hydroxylation is 6. The third-order valence-corrected chi connectivity index (χ3v) is 6.87. The van der Waals surface area contributed by atoms with Gasteiger partial charge in [0.05, 0.1) is 0 Å². The number of hydrogen-bond donors (Lipinski definition) is 0. The second-order valence-corrected chi connectivity index (χ2v) is 9.07. The highest BCUT2D eigenvalue weighted by molar-refractivity contribution is 9.12. The molecule has 2 aromatic rings. The van der Waals surface area contributed by atoms with Crippen LogP contribution < -0.4 is 10.9 Å². The van der Waals surface area contributed by atoms with Crippen LogP contribution in [0.4, 0.5) is 0 Å². The van der Waals surface area contributed by atoms with Gasteiger partial charge in [0.15, 0.2) is 0 Å². The highest BCUT2D eigenvalue weighted by atomic mass is 79.9. The van der Waals surface area contributed by atoms with Crippen LogP contribution in [0.25, 0.3) is 0 Å². The molecular weight excluding hydrogens is 379 g/mol. The van der Waals surface area contributed by atoms with Crippen LogP contribution in [0, 0.1) is 41.5 Å². The van der Waals surface area contributed by atoms with E-state index in [0.29, 0.717) is 6.71 Å². The van der Waals surface area contributed by atoms with Gasteiger partial charge < -0.3 is 0 Å². The largest absolute Gasteiger partial charge is 0.251 e. The first kappa shape index (κ1) is 19.5. The van der Waals surface area contributed by atoms with Crippen molar-refractivity contribution < 1.29 is 0 Å². The third kappa shape index (κ3) is 3.72. The lowest BCUT2D eigenvalue weighted by Crippen LogP contribution is -2.48. The first-order chi connectivity index (χ1) is 12.3. The lowest BCUT2D eigenvalue weighted by molar-refractivity contribution is 0.886. The zero-order chi connectivity index (χ0) is 19.0. The maximum atomic E-state index is 4.10. The van der Waals surface area contributed by atoms with Gasteiger partial charge in [0, 0.05) is 0 Å². The van der Waals surface area contributed by atoms with Crippen molar-refractivity contribution in [1.29, 1.82) is 0 Å². The van der Waals surface area contributed by atoms with Crippen molar-refractivity contribution in [1.82, 2.24) is 0 Å². The molecule has 0 saturated heterocycles. The molecule has 0 spiro atoms. The van der Waals surface area contributed by atoms with Crippen LogP contribution in [0.2, 0.25) is 0 Å². The lowest BCUT2D eigenvalue weighted by atomic mass is 9.37. The van der Waals surface area contributed by atoms with E-state index in [1.807, 2.05) is 0 Å². The zero-order valence-corrected chi connectivity index (χ0v) is 18.7. The van der Waals surface area contributed by atoms with Crippen LogP contribution in [0.3, 0.4) is 0 Å². The molecule has 136 valence electrons. The fourth-order valence-electron chi connectivity index (χ4n) is 4.94. The Labute approximate surface area is 168 Å². The average molecular weight is 409 g/mol. The Morgan fingerprint density at radius 3 is 1.38 bits per heavy atom. The van der Waals surface area contributed by atoms with Gasteiger partial charge in [0.2, 0.25) is 0 Å². The molecule has 0 aromatic heterocycles. The van der Waals surface area contributed by atoms with Crippen LogP contribution in [0.15, 0.2) is 34.2 Å². The standard InChI is InChI=1S/C24H30BBr/c1-15-11-17(3)22(18(4)12-15)25(24(26)21-9-7-8-10-21)23-19(5)13-16(2)14-20(23)6/h11-14H,7-10H2,1-6H3. The third-order valence-electron chi connectivity index (χ3n) is 5.85. The molecule has 1 fully saturated rings. The minimum Gasteiger partial charge on any atom is -0.0681 e. The normalized spacial score (nSPS) is 14.0. The van der Waals surface area contributed by atoms with E-state index >= 15 is 0 Å². The van der Waals surface area contributed by atoms with Crippen molar-refractivity contribution in [3.63, 3.8) is 0 Å². The Morgan fingerprint density at radius 1 is 0.692 bits per heavy atom. The molecule has 0 aliphatic heterocycles. The summed E-state index contributed by atoms with van der Waals surface area (Å²) in [7, 11) is 0. The number of hydrogen-bond acceptors (Lipinski definition) is 0. The Morgan fingerprint density at radius 2 is 1.04 bits per heavy atom. The second kappa shape index (κ2) is 7.76. The number of allylic oxidation sites excluding steroid dienone is 1. The molecule has 0 atom stereocenters. The quantitative estimate of drug-likeness (QED) is 0.553. The monoisotopic (exact) mass is 408 g/mol. The van der Waals surface area contributed by atoms with E-state index in [1.165, 1.54) is 74.4 Å². The van der Waals surface area contributed by atoms with E-state index in [1.54, 1.807) is 5.57 Å². The molecule has 2 aromatic carbocycles. The topological polar surface area (TPSA) is 0 Å². The van der Waals surface area contributed by atoms with Crippen molar-refractivity contribution in [2.24, 2.45) is 0 Å². The van der Waals surface area contributed by atoms with Gasteiger partial charge in [-0.2, -0.15) is 0 Å². The summed E-state index contributed by atoms with van der Waals surface area (Å²) in [5.41, 5.74) is 12.9. The predicted octanol–water partition coefficient (Wildman–Crippen LogP) is 5.91. The zero-order valence-electron chi connectivity index (χ0n) is 17.1. The summed E-state index contributed by atoms with van der Waals surface area (Å²) in [5.74, 6) is 0. The van der Waals surface area contributed by atoms with Gasteiger partial charge in [-0.1, -0.05) is 90.1 Å². The molecule has 1 aliphatic carbocycles. The second-order valence-electron chi connectivity index (χ2n) is 8.22. The van der Waals surface area contributed by atoms with Gasteiger partial charge in [-0.05, 0) is 71.6 Å². The highest BCUT2D eigenvalue weighted by Crippen LogP contribution is 2.32. The molecule has 2 heteroatoms. The van der Waals surface area contributed by atoms with E-state index in [9.17, 15) is 0 Å². The van der Waals surface area contributed by atoms with Crippen LogP contribution >= 0.6 is 15.9 Å². The molecular formula is C24H30BBr. The first-order valence-corrected chi connectivity index (χ1v) is 10.6. The fourth-order valence-corrected chi connectivity index (χ4v) is 5.79. The summed E-state index contributed by atoms with van der Waals surface area (Å²) in [5, 5.41) is 0. The van der Waals surface area contributed by atoms with E-state index in [0.717, 1.165) is 0 Å². The molecule has 0 bridgehead atoms. The molecule has 0 unspecified atom stereocenters. The molecule has 0 radical (unpaired) electrons. The maximum Gasteiger partial charge on any atom is 0.251 e. The fraction of sp³-hybridized carbons (Fsp3) is 0.417. The Balaban J connectivity index is 2.31. The molecule has 0 amide bonds. The van der Waals surface area contributed by atoms with Crippen molar-refractivity contribution in [2.45, 2.75) is 67.2 Å². The molecule has 26 heavy (non-hydrogen) atoms. The summed E-state index contributed by atoms with van der Waals surface area (Å²) >= 11 is 4.10. The van der Waals surface area contributed by atoms with Crippen LogP contribution in [0.5, 0.6) is 0 Å². The van der Waals surface area contributed by atoms with E-state index in [4.69, 9.17) is 0 Å². The van der Waals surface area contributed by atoms with E-state index in [-0.39, 0.29) is 0 Å². The molecule has 0 N–H and O–H groups in total. The van der Waals surface area contributed by atoms with Gasteiger partial charge in [0.25, 0.3) is 6.71 Å². The van der Waals surface area contributed by atoms with Crippen molar-refractivity contribution in [2.75, 3.05) is 0 Å². The number of rotatable bonds is 3. The average Bonchev–Trinajstić information content (AvgIpc) is 3.05. The maximum absolute atomic E-state index is 4.10. The summed E-state index contributed by atoms with van der Waals surface area (Å²) in [4.78, 5) is 0. The Kier molecular flexibility index (Phi) is 5.82. The molecule has 0 nitrogen and oxygen atoms in total. The van der Waals surface area contributed by atoms with E-state index < -0.39 is 0 Å². The summed E-state index contributed by atoms with van der Waals surface area (Å²) in [6, 6.07) is 9.36. The van der Waals surface area contributed by atoms with Gasteiger partial charge in [-0.15, -0.1) is 0 Å². The van der Waals surface area contributed by atoms with Crippen molar-refractivity contribution in [3.05, 3.63) is 67.6 Å². The summed E-state index contributed by atoms with van der Waals surface area (Å²) < 4.78 is 1.42. The minimum absolute atomic E-state index is 0.310. The highest BCUT2D eigenvalue weighted by Gasteiger charge is 2.31. The van der Waals surface area contributed by atoms with Crippen LogP contribution in [-0.2, 0) is 0 Å². The van der Waals surface area contributed by atoms with E-state index in [2.05, 4.69) is 81.7 Å². The molecule has 1 aliphatic rings. The van der Waals surface area contributed by atoms with Crippen molar-refractivity contribution >= 4 is 33.6 Å². The van der Waals surface area contributed by atoms with Gasteiger partial charge >= 0.3 is 0 Å². The first-order valence-electron chi connectivity index (χ1n) is 9.82. The minimum atomic E-state index is 0.310. The van der Waals surface area contributed by atoms with Gasteiger partial charge in [0.1, 0.15) is 0 Å². The number of halogens is 1. The summed E-state index contributed by atoms with van der Waals surface area (Å²) in [6.45, 7) is 13.8. The Bertz CT molecular complexity index is 764. The predicted molar refractivity (Wildman–Crippen MR) is 121 cm³/mol. The van der Waals surface area contributed by atoms with Gasteiger partial charge in [-0.25, -0.2) is 0 Å². The smallest absolute Gasteiger partial charge is 0.0681 e. The lowest BCUT2D eigenvalue weighted by Gasteiger charge is -2.25. The SMILES string of the molecule is Cc1cc(C)c(B(C(Br)=C2CCCC2)c2c(C)cc(C)cc2C)c(C)c1. The molecule has 3 rings (SSSR count). The van der Waals surface area contributed by atoms with Gasteiger partial charge in [-0.3, -0.25) is 0 Å². The van der Waals surface area contributed by atoms with Crippen molar-refractivity contribution in [3.8, 4) is 0 Å². The van der Waals surface area contributed by atoms with Crippen LogP contribution in [0.1, 0.15) is 59.1 Å². The molecule has 1 saturated carbocycles. The van der Waals surface area contributed by atoms with Crippen LogP contribution in [-0.4, -0.2) is 6.71 Å².